The van der Waals surface area contributed by atoms with Crippen LogP contribution < -0.4 is 5.32 Å². The molecule has 0 saturated heterocycles. The molecule has 1 heterocycles. The number of aliphatic hydroxyl groups excluding tert-OH is 1. The molecule has 0 spiro atoms. The Morgan fingerprint density at radius 1 is 1.42 bits per heavy atom. The van der Waals surface area contributed by atoms with E-state index in [4.69, 9.17) is 16.0 Å². The average Bonchev–Trinajstić information content (AvgIpc) is 2.82. The molecule has 0 saturated carbocycles. The molecular weight excluding hydrogens is 334 g/mol. The van der Waals surface area contributed by atoms with E-state index in [-0.39, 0.29) is 12.5 Å². The first-order chi connectivity index (χ1) is 9.09. The van der Waals surface area contributed by atoms with E-state index in [1.54, 1.807) is 30.3 Å². The standard InChI is InChI=1S/C13H11BrClNO3/c14-12-9(5-6-19-12)13(18)16-7-11(17)8-3-1-2-4-10(8)15/h1-6,11,17H,7H2,(H,16,18)/t11-/m1/s1. The smallest absolute Gasteiger partial charge is 0.255 e. The Hall–Kier alpha value is -1.30. The highest BCUT2D eigenvalue weighted by Gasteiger charge is 2.16. The van der Waals surface area contributed by atoms with Crippen molar-refractivity contribution in [3.05, 3.63) is 57.4 Å². The summed E-state index contributed by atoms with van der Waals surface area (Å²) in [5.74, 6) is -0.327. The highest BCUT2D eigenvalue weighted by atomic mass is 79.9. The molecule has 19 heavy (non-hydrogen) atoms. The molecular formula is C13H11BrClNO3. The van der Waals surface area contributed by atoms with Crippen LogP contribution in [0.25, 0.3) is 0 Å². The number of carbonyl (C=O) groups is 1. The molecule has 6 heteroatoms. The monoisotopic (exact) mass is 343 g/mol. The van der Waals surface area contributed by atoms with Crippen molar-refractivity contribution in [2.75, 3.05) is 6.54 Å². The number of carbonyl (C=O) groups excluding carboxylic acids is 1. The summed E-state index contributed by atoms with van der Waals surface area (Å²) in [6, 6.07) is 8.50. The lowest BCUT2D eigenvalue weighted by Crippen LogP contribution is -2.28. The zero-order valence-corrected chi connectivity index (χ0v) is 12.1. The van der Waals surface area contributed by atoms with Crippen LogP contribution in [0.2, 0.25) is 5.02 Å². The number of furan rings is 1. The predicted octanol–water partition coefficient (Wildman–Crippen LogP) is 3.16. The Labute approximate surface area is 123 Å². The Morgan fingerprint density at radius 3 is 2.79 bits per heavy atom. The van der Waals surface area contributed by atoms with Crippen molar-refractivity contribution in [1.82, 2.24) is 5.32 Å². The molecule has 0 aliphatic heterocycles. The van der Waals surface area contributed by atoms with E-state index >= 15 is 0 Å². The van der Waals surface area contributed by atoms with E-state index in [0.717, 1.165) is 0 Å². The fourth-order valence-electron chi connectivity index (χ4n) is 1.60. The summed E-state index contributed by atoms with van der Waals surface area (Å²) in [6.45, 7) is 0.0696. The molecule has 0 aliphatic rings. The zero-order valence-electron chi connectivity index (χ0n) is 9.77. The summed E-state index contributed by atoms with van der Waals surface area (Å²) in [5, 5.41) is 13.1. The lowest BCUT2D eigenvalue weighted by molar-refractivity contribution is 0.0914. The van der Waals surface area contributed by atoms with Gasteiger partial charge in [0.05, 0.1) is 17.9 Å². The molecule has 2 N–H and O–H groups in total. The molecule has 100 valence electrons. The zero-order chi connectivity index (χ0) is 13.8. The van der Waals surface area contributed by atoms with E-state index in [9.17, 15) is 9.90 Å². The van der Waals surface area contributed by atoms with Gasteiger partial charge in [0.25, 0.3) is 5.91 Å². The van der Waals surface area contributed by atoms with Crippen molar-refractivity contribution < 1.29 is 14.3 Å². The second-order valence-corrected chi connectivity index (χ2v) is 4.98. The summed E-state index contributed by atoms with van der Waals surface area (Å²) >= 11 is 9.08. The van der Waals surface area contributed by atoms with Gasteiger partial charge in [0.1, 0.15) is 0 Å². The quantitative estimate of drug-likeness (QED) is 0.895. The van der Waals surface area contributed by atoms with Crippen molar-refractivity contribution in [3.8, 4) is 0 Å². The second kappa shape index (κ2) is 6.23. The summed E-state index contributed by atoms with van der Waals surface area (Å²) < 4.78 is 5.33. The van der Waals surface area contributed by atoms with E-state index in [0.29, 0.717) is 20.8 Å². The minimum atomic E-state index is -0.858. The molecule has 4 nitrogen and oxygen atoms in total. The summed E-state index contributed by atoms with van der Waals surface area (Å²) in [6.07, 6.45) is 0.548. The van der Waals surface area contributed by atoms with Gasteiger partial charge in [-0.3, -0.25) is 4.79 Å². The molecule has 0 fully saturated rings. The topological polar surface area (TPSA) is 62.5 Å². The first-order valence-corrected chi connectivity index (χ1v) is 6.70. The number of hydrogen-bond donors (Lipinski definition) is 2. The first-order valence-electron chi connectivity index (χ1n) is 5.53. The average molecular weight is 345 g/mol. The predicted molar refractivity (Wildman–Crippen MR) is 75.2 cm³/mol. The van der Waals surface area contributed by atoms with Crippen LogP contribution >= 0.6 is 27.5 Å². The first kappa shape index (κ1) is 14.1. The number of rotatable bonds is 4. The Bertz CT molecular complexity index is 585. The van der Waals surface area contributed by atoms with Crippen LogP contribution in [0, 0.1) is 0 Å². The third kappa shape index (κ3) is 3.37. The third-order valence-corrected chi connectivity index (χ3v) is 3.54. The van der Waals surface area contributed by atoms with Gasteiger partial charge in [0.15, 0.2) is 4.67 Å². The Morgan fingerprint density at radius 2 is 2.16 bits per heavy atom. The number of amides is 1. The normalized spacial score (nSPS) is 12.2. The molecule has 0 radical (unpaired) electrons. The van der Waals surface area contributed by atoms with E-state index in [1.807, 2.05) is 0 Å². The Balaban J connectivity index is 1.98. The van der Waals surface area contributed by atoms with Crippen molar-refractivity contribution in [3.63, 3.8) is 0 Å². The summed E-state index contributed by atoms with van der Waals surface area (Å²) in [7, 11) is 0. The van der Waals surface area contributed by atoms with Crippen LogP contribution in [0.3, 0.4) is 0 Å². The SMILES string of the molecule is O=C(NC[C@@H](O)c1ccccc1Cl)c1ccoc1Br. The van der Waals surface area contributed by atoms with E-state index in [2.05, 4.69) is 21.2 Å². The molecule has 2 rings (SSSR count). The minimum Gasteiger partial charge on any atom is -0.457 e. The molecule has 1 amide bonds. The number of aliphatic hydroxyl groups is 1. The maximum Gasteiger partial charge on any atom is 0.255 e. The highest BCUT2D eigenvalue weighted by molar-refractivity contribution is 9.10. The fraction of sp³-hybridized carbons (Fsp3) is 0.154. The molecule has 1 atom stereocenters. The maximum atomic E-state index is 11.8. The van der Waals surface area contributed by atoms with Gasteiger partial charge in [0, 0.05) is 17.1 Å². The fourth-order valence-corrected chi connectivity index (χ4v) is 2.28. The van der Waals surface area contributed by atoms with Crippen LogP contribution in [0.5, 0.6) is 0 Å². The van der Waals surface area contributed by atoms with Crippen molar-refractivity contribution >= 4 is 33.4 Å². The van der Waals surface area contributed by atoms with Gasteiger partial charge < -0.3 is 14.8 Å². The third-order valence-electron chi connectivity index (χ3n) is 2.58. The summed E-state index contributed by atoms with van der Waals surface area (Å²) in [4.78, 5) is 11.8. The lowest BCUT2D eigenvalue weighted by Gasteiger charge is -2.13. The van der Waals surface area contributed by atoms with Crippen LogP contribution in [-0.2, 0) is 0 Å². The molecule has 0 bridgehead atoms. The van der Waals surface area contributed by atoms with Gasteiger partial charge in [-0.15, -0.1) is 0 Å². The van der Waals surface area contributed by atoms with Crippen LogP contribution in [0.4, 0.5) is 0 Å². The molecule has 2 aromatic rings. The van der Waals surface area contributed by atoms with Gasteiger partial charge in [-0.1, -0.05) is 29.8 Å². The largest absolute Gasteiger partial charge is 0.457 e. The van der Waals surface area contributed by atoms with Gasteiger partial charge >= 0.3 is 0 Å². The van der Waals surface area contributed by atoms with Gasteiger partial charge in [-0.05, 0) is 28.1 Å². The number of benzene rings is 1. The molecule has 1 aromatic heterocycles. The van der Waals surface area contributed by atoms with Crippen LogP contribution in [-0.4, -0.2) is 17.6 Å². The van der Waals surface area contributed by atoms with Gasteiger partial charge in [0.2, 0.25) is 0 Å². The number of nitrogens with one attached hydrogen (secondary N) is 1. The van der Waals surface area contributed by atoms with Gasteiger partial charge in [-0.2, -0.15) is 0 Å². The van der Waals surface area contributed by atoms with Crippen LogP contribution in [0.15, 0.2) is 45.7 Å². The van der Waals surface area contributed by atoms with Crippen molar-refractivity contribution in [2.45, 2.75) is 6.10 Å². The maximum absolute atomic E-state index is 11.8. The van der Waals surface area contributed by atoms with E-state index < -0.39 is 6.10 Å². The van der Waals surface area contributed by atoms with Crippen molar-refractivity contribution in [2.24, 2.45) is 0 Å². The summed E-state index contributed by atoms with van der Waals surface area (Å²) in [5.41, 5.74) is 0.960. The van der Waals surface area contributed by atoms with Gasteiger partial charge in [-0.25, -0.2) is 0 Å². The minimum absolute atomic E-state index is 0.0696. The number of halogens is 2. The van der Waals surface area contributed by atoms with Crippen molar-refractivity contribution in [1.29, 1.82) is 0 Å². The molecule has 0 aliphatic carbocycles. The lowest BCUT2D eigenvalue weighted by atomic mass is 10.1. The highest BCUT2D eigenvalue weighted by Crippen LogP contribution is 2.22. The number of hydrogen-bond acceptors (Lipinski definition) is 3. The Kier molecular flexibility index (Phi) is 4.63. The second-order valence-electron chi connectivity index (χ2n) is 3.86. The molecule has 0 unspecified atom stereocenters. The van der Waals surface area contributed by atoms with Crippen LogP contribution in [0.1, 0.15) is 22.0 Å². The molecule has 1 aromatic carbocycles. The van der Waals surface area contributed by atoms with E-state index in [1.165, 1.54) is 6.26 Å².